The lowest BCUT2D eigenvalue weighted by molar-refractivity contribution is -0.121. The van der Waals surface area contributed by atoms with E-state index in [2.05, 4.69) is 27.4 Å². The Morgan fingerprint density at radius 1 is 1.00 bits per heavy atom. The number of ether oxygens (including phenoxy) is 3. The van der Waals surface area contributed by atoms with Gasteiger partial charge in [0.15, 0.2) is 17.3 Å². The minimum absolute atomic E-state index is 0.140. The van der Waals surface area contributed by atoms with Gasteiger partial charge in [0.25, 0.3) is 5.56 Å². The molecule has 0 aliphatic carbocycles. The number of aromatic amines is 1. The van der Waals surface area contributed by atoms with Crippen molar-refractivity contribution in [1.82, 2.24) is 20.5 Å². The minimum atomic E-state index is -0.376. The fourth-order valence-corrected chi connectivity index (χ4v) is 3.48. The molecule has 0 aliphatic heterocycles. The van der Waals surface area contributed by atoms with Crippen molar-refractivity contribution >= 4 is 5.91 Å². The summed E-state index contributed by atoms with van der Waals surface area (Å²) in [5.41, 5.74) is 1.50. The quantitative estimate of drug-likeness (QED) is 0.361. The van der Waals surface area contributed by atoms with E-state index < -0.39 is 0 Å². The Kier molecular flexibility index (Phi) is 9.65. The summed E-state index contributed by atoms with van der Waals surface area (Å²) in [7, 11) is 3.18. The molecule has 0 saturated heterocycles. The largest absolute Gasteiger partial charge is 0.496 e. The third-order valence-electron chi connectivity index (χ3n) is 5.46. The van der Waals surface area contributed by atoms with Gasteiger partial charge >= 0.3 is 0 Å². The molecule has 0 fully saturated rings. The summed E-state index contributed by atoms with van der Waals surface area (Å²) in [6.07, 6.45) is 2.97. The Bertz CT molecular complexity index is 1180. The fourth-order valence-electron chi connectivity index (χ4n) is 3.48. The van der Waals surface area contributed by atoms with E-state index in [-0.39, 0.29) is 30.0 Å². The summed E-state index contributed by atoms with van der Waals surface area (Å²) in [5, 5.41) is 11.1. The average molecular weight is 481 g/mol. The van der Waals surface area contributed by atoms with Crippen LogP contribution in [-0.2, 0) is 17.6 Å². The average Bonchev–Trinajstić information content (AvgIpc) is 2.88. The maximum atomic E-state index is 12.5. The topological polar surface area (TPSA) is 115 Å². The van der Waals surface area contributed by atoms with E-state index in [1.807, 2.05) is 24.3 Å². The van der Waals surface area contributed by atoms with Crippen molar-refractivity contribution in [2.75, 3.05) is 27.4 Å². The van der Waals surface area contributed by atoms with Gasteiger partial charge in [0.1, 0.15) is 11.4 Å². The predicted octanol–water partition coefficient (Wildman–Crippen LogP) is 3.32. The van der Waals surface area contributed by atoms with Crippen LogP contribution < -0.4 is 25.1 Å². The SMILES string of the molecule is CCCCOc1ccc(-c2nnc(CCC(=O)NCCc3ccccc3OC)c(=O)[nH]2)cc1OC. The van der Waals surface area contributed by atoms with E-state index in [4.69, 9.17) is 14.2 Å². The Morgan fingerprint density at radius 2 is 1.80 bits per heavy atom. The number of para-hydroxylation sites is 1. The van der Waals surface area contributed by atoms with Crippen molar-refractivity contribution in [3.05, 3.63) is 64.1 Å². The smallest absolute Gasteiger partial charge is 0.273 e. The van der Waals surface area contributed by atoms with E-state index in [1.54, 1.807) is 32.4 Å². The first-order chi connectivity index (χ1) is 17.0. The lowest BCUT2D eigenvalue weighted by Crippen LogP contribution is -2.27. The normalized spacial score (nSPS) is 10.6. The number of hydrogen-bond donors (Lipinski definition) is 2. The molecule has 0 aliphatic rings. The van der Waals surface area contributed by atoms with E-state index >= 15 is 0 Å². The van der Waals surface area contributed by atoms with Crippen LogP contribution in [0.15, 0.2) is 47.3 Å². The number of aryl methyl sites for hydroxylation is 1. The van der Waals surface area contributed by atoms with E-state index in [0.717, 1.165) is 24.2 Å². The van der Waals surface area contributed by atoms with Crippen LogP contribution in [0.5, 0.6) is 17.2 Å². The van der Waals surface area contributed by atoms with Gasteiger partial charge in [-0.2, -0.15) is 0 Å². The van der Waals surface area contributed by atoms with Crippen LogP contribution in [0.1, 0.15) is 37.4 Å². The molecular formula is C26H32N4O5. The number of amides is 1. The van der Waals surface area contributed by atoms with Crippen LogP contribution in [0.3, 0.4) is 0 Å². The molecule has 0 spiro atoms. The van der Waals surface area contributed by atoms with Crippen molar-refractivity contribution in [2.24, 2.45) is 0 Å². The highest BCUT2D eigenvalue weighted by Gasteiger charge is 2.12. The van der Waals surface area contributed by atoms with Gasteiger partial charge in [-0.15, -0.1) is 10.2 Å². The second-order valence-corrected chi connectivity index (χ2v) is 7.93. The molecule has 35 heavy (non-hydrogen) atoms. The second-order valence-electron chi connectivity index (χ2n) is 7.93. The summed E-state index contributed by atoms with van der Waals surface area (Å²) in [6, 6.07) is 13.0. The number of unbranched alkanes of at least 4 members (excludes halogenated alkanes) is 1. The van der Waals surface area contributed by atoms with Crippen LogP contribution >= 0.6 is 0 Å². The maximum Gasteiger partial charge on any atom is 0.273 e. The van der Waals surface area contributed by atoms with Crippen LogP contribution in [0.2, 0.25) is 0 Å². The van der Waals surface area contributed by atoms with Crippen molar-refractivity contribution < 1.29 is 19.0 Å². The Morgan fingerprint density at radius 3 is 2.54 bits per heavy atom. The zero-order chi connectivity index (χ0) is 25.0. The summed E-state index contributed by atoms with van der Waals surface area (Å²) in [5.74, 6) is 2.13. The molecule has 3 rings (SSSR count). The minimum Gasteiger partial charge on any atom is -0.496 e. The van der Waals surface area contributed by atoms with Gasteiger partial charge in [0, 0.05) is 24.9 Å². The molecule has 186 valence electrons. The van der Waals surface area contributed by atoms with Crippen molar-refractivity contribution in [3.63, 3.8) is 0 Å². The van der Waals surface area contributed by atoms with E-state index in [0.29, 0.717) is 42.5 Å². The van der Waals surface area contributed by atoms with E-state index in [9.17, 15) is 9.59 Å². The summed E-state index contributed by atoms with van der Waals surface area (Å²) in [6.45, 7) is 3.17. The third-order valence-corrected chi connectivity index (χ3v) is 5.46. The van der Waals surface area contributed by atoms with Gasteiger partial charge in [-0.05, 0) is 42.7 Å². The second kappa shape index (κ2) is 13.1. The highest BCUT2D eigenvalue weighted by atomic mass is 16.5. The van der Waals surface area contributed by atoms with Crippen LogP contribution in [0.4, 0.5) is 0 Å². The van der Waals surface area contributed by atoms with Gasteiger partial charge in [-0.25, -0.2) is 0 Å². The van der Waals surface area contributed by atoms with Gasteiger partial charge in [-0.3, -0.25) is 9.59 Å². The molecule has 0 bridgehead atoms. The van der Waals surface area contributed by atoms with Crippen LogP contribution in [-0.4, -0.2) is 48.5 Å². The molecule has 1 aromatic heterocycles. The first kappa shape index (κ1) is 25.7. The van der Waals surface area contributed by atoms with Crippen molar-refractivity contribution in [1.29, 1.82) is 0 Å². The molecule has 0 saturated carbocycles. The van der Waals surface area contributed by atoms with Crippen LogP contribution in [0, 0.1) is 0 Å². The summed E-state index contributed by atoms with van der Waals surface area (Å²) < 4.78 is 16.5. The zero-order valence-corrected chi connectivity index (χ0v) is 20.4. The molecule has 0 unspecified atom stereocenters. The molecule has 2 N–H and O–H groups in total. The van der Waals surface area contributed by atoms with Crippen molar-refractivity contribution in [2.45, 2.75) is 39.0 Å². The number of benzene rings is 2. The Balaban J connectivity index is 1.55. The molecule has 1 amide bonds. The number of methoxy groups -OCH3 is 2. The monoisotopic (exact) mass is 480 g/mol. The van der Waals surface area contributed by atoms with E-state index in [1.165, 1.54) is 0 Å². The van der Waals surface area contributed by atoms with Gasteiger partial charge in [-0.1, -0.05) is 31.5 Å². The number of aromatic nitrogens is 3. The highest BCUT2D eigenvalue weighted by molar-refractivity contribution is 5.76. The lowest BCUT2D eigenvalue weighted by Gasteiger charge is -2.11. The molecule has 2 aromatic carbocycles. The first-order valence-electron chi connectivity index (χ1n) is 11.7. The highest BCUT2D eigenvalue weighted by Crippen LogP contribution is 2.31. The Hall–Kier alpha value is -3.88. The van der Waals surface area contributed by atoms with Crippen LogP contribution in [0.25, 0.3) is 11.4 Å². The number of nitrogens with one attached hydrogen (secondary N) is 2. The number of rotatable bonds is 13. The molecule has 9 heteroatoms. The standard InChI is InChI=1S/C26H32N4O5/c1-4-5-16-35-22-12-10-19(17-23(22)34-3)25-28-26(32)20(29-30-25)11-13-24(31)27-15-14-18-8-6-7-9-21(18)33-2/h6-10,12,17H,4-5,11,13-16H2,1-3H3,(H,27,31)(H,28,30,32). The van der Waals surface area contributed by atoms with Crippen molar-refractivity contribution in [3.8, 4) is 28.6 Å². The number of carbonyl (C=O) groups is 1. The molecule has 0 radical (unpaired) electrons. The van der Waals surface area contributed by atoms with Gasteiger partial charge in [0.2, 0.25) is 5.91 Å². The summed E-state index contributed by atoms with van der Waals surface area (Å²) in [4.78, 5) is 27.5. The Labute approximate surface area is 204 Å². The number of carbonyl (C=O) groups excluding carboxylic acids is 1. The number of nitrogens with zero attached hydrogens (tertiary/aromatic N) is 2. The maximum absolute atomic E-state index is 12.5. The molecule has 0 atom stereocenters. The fraction of sp³-hybridized carbons (Fsp3) is 0.385. The van der Waals surface area contributed by atoms with Gasteiger partial charge in [0.05, 0.1) is 20.8 Å². The first-order valence-corrected chi connectivity index (χ1v) is 11.7. The molecule has 9 nitrogen and oxygen atoms in total. The lowest BCUT2D eigenvalue weighted by atomic mass is 10.1. The summed E-state index contributed by atoms with van der Waals surface area (Å²) >= 11 is 0. The molecule has 3 aromatic rings. The molecular weight excluding hydrogens is 448 g/mol. The predicted molar refractivity (Wildman–Crippen MR) is 133 cm³/mol. The molecule has 1 heterocycles. The number of H-pyrrole nitrogens is 1. The van der Waals surface area contributed by atoms with Gasteiger partial charge < -0.3 is 24.5 Å². The zero-order valence-electron chi connectivity index (χ0n) is 20.4. The third kappa shape index (κ3) is 7.30. The number of hydrogen-bond acceptors (Lipinski definition) is 7.